The fraction of sp³-hybridized carbons (Fsp3) is 0.944. The van der Waals surface area contributed by atoms with E-state index in [9.17, 15) is 4.79 Å². The lowest BCUT2D eigenvalue weighted by Gasteiger charge is -2.44. The van der Waals surface area contributed by atoms with Gasteiger partial charge in [-0.2, -0.15) is 4.89 Å². The van der Waals surface area contributed by atoms with Gasteiger partial charge in [-0.15, -0.1) is 0 Å². The van der Waals surface area contributed by atoms with E-state index in [0.29, 0.717) is 6.42 Å². The molecular formula is C18H36O3. The normalized spacial score (nSPS) is 12.5. The zero-order valence-electron chi connectivity index (χ0n) is 15.1. The highest BCUT2D eigenvalue weighted by molar-refractivity contribution is 5.68. The van der Waals surface area contributed by atoms with Crippen LogP contribution in [0.15, 0.2) is 0 Å². The largest absolute Gasteiger partial charge is 0.342 e. The molecule has 0 aliphatic heterocycles. The predicted octanol–water partition coefficient (Wildman–Crippen LogP) is 5.82. The van der Waals surface area contributed by atoms with E-state index in [1.165, 1.54) is 12.8 Å². The highest BCUT2D eigenvalue weighted by Gasteiger charge is 2.45. The fourth-order valence-electron chi connectivity index (χ4n) is 2.97. The summed E-state index contributed by atoms with van der Waals surface area (Å²) in [5.74, 6) is -0.235. The summed E-state index contributed by atoms with van der Waals surface area (Å²) < 4.78 is 0. The summed E-state index contributed by atoms with van der Waals surface area (Å²) in [5, 5.41) is 0. The minimum Gasteiger partial charge on any atom is -0.298 e. The van der Waals surface area contributed by atoms with Crippen LogP contribution in [0.2, 0.25) is 0 Å². The van der Waals surface area contributed by atoms with Crippen LogP contribution in [0, 0.1) is 5.41 Å². The Kier molecular flexibility index (Phi) is 9.93. The highest BCUT2D eigenvalue weighted by Crippen LogP contribution is 2.43. The Morgan fingerprint density at radius 2 is 1.48 bits per heavy atom. The smallest absolute Gasteiger partial charge is 0.298 e. The first-order valence-corrected chi connectivity index (χ1v) is 8.77. The van der Waals surface area contributed by atoms with Crippen molar-refractivity contribution in [2.45, 2.75) is 105 Å². The third-order valence-electron chi connectivity index (χ3n) is 4.81. The lowest BCUT2D eigenvalue weighted by molar-refractivity contribution is -0.359. The van der Waals surface area contributed by atoms with Crippen molar-refractivity contribution in [1.82, 2.24) is 0 Å². The Morgan fingerprint density at radius 3 is 1.95 bits per heavy atom. The molecule has 0 heterocycles. The van der Waals surface area contributed by atoms with Crippen molar-refractivity contribution in [3.05, 3.63) is 0 Å². The van der Waals surface area contributed by atoms with Crippen LogP contribution in [0.5, 0.6) is 0 Å². The average Bonchev–Trinajstić information content (AvgIpc) is 2.46. The first-order chi connectivity index (χ1) is 9.89. The van der Waals surface area contributed by atoms with E-state index in [2.05, 4.69) is 41.5 Å². The second kappa shape index (κ2) is 10.2. The van der Waals surface area contributed by atoms with Crippen molar-refractivity contribution in [3.8, 4) is 0 Å². The molecule has 0 aliphatic rings. The molecule has 21 heavy (non-hydrogen) atoms. The van der Waals surface area contributed by atoms with E-state index in [1.54, 1.807) is 0 Å². The summed E-state index contributed by atoms with van der Waals surface area (Å²) >= 11 is 0. The summed E-state index contributed by atoms with van der Waals surface area (Å²) in [4.78, 5) is 22.7. The summed E-state index contributed by atoms with van der Waals surface area (Å²) in [5.41, 5.74) is -0.390. The van der Waals surface area contributed by atoms with E-state index in [-0.39, 0.29) is 17.0 Å². The van der Waals surface area contributed by atoms with Crippen LogP contribution >= 0.6 is 0 Å². The minimum atomic E-state index is -0.386. The Morgan fingerprint density at radius 1 is 0.905 bits per heavy atom. The molecule has 3 heteroatoms. The van der Waals surface area contributed by atoms with Gasteiger partial charge in [-0.25, -0.2) is 4.79 Å². The van der Waals surface area contributed by atoms with Crippen LogP contribution in [0.1, 0.15) is 99.3 Å². The van der Waals surface area contributed by atoms with Crippen LogP contribution in [0.4, 0.5) is 0 Å². The molecule has 0 bridgehead atoms. The molecule has 3 nitrogen and oxygen atoms in total. The van der Waals surface area contributed by atoms with E-state index in [4.69, 9.17) is 9.78 Å². The van der Waals surface area contributed by atoms with Crippen LogP contribution in [-0.2, 0) is 14.6 Å². The molecule has 0 aromatic rings. The Hall–Kier alpha value is -0.570. The van der Waals surface area contributed by atoms with Crippen molar-refractivity contribution in [1.29, 1.82) is 0 Å². The third kappa shape index (κ3) is 6.37. The molecule has 0 saturated heterocycles. The number of unbranched alkanes of at least 4 members (excludes halogenated alkanes) is 3. The molecule has 0 N–H and O–H groups in total. The molecule has 0 saturated carbocycles. The maximum absolute atomic E-state index is 11.8. The van der Waals surface area contributed by atoms with Crippen LogP contribution in [0.3, 0.4) is 0 Å². The molecule has 0 radical (unpaired) electrons. The summed E-state index contributed by atoms with van der Waals surface area (Å²) in [6, 6.07) is 0. The van der Waals surface area contributed by atoms with Gasteiger partial charge >= 0.3 is 5.97 Å². The molecule has 0 aromatic heterocycles. The molecule has 0 fully saturated rings. The van der Waals surface area contributed by atoms with Gasteiger partial charge in [-0.3, -0.25) is 4.89 Å². The van der Waals surface area contributed by atoms with Crippen molar-refractivity contribution in [3.63, 3.8) is 0 Å². The van der Waals surface area contributed by atoms with E-state index < -0.39 is 0 Å². The predicted molar refractivity (Wildman–Crippen MR) is 87.9 cm³/mol. The van der Waals surface area contributed by atoms with Gasteiger partial charge in [-0.1, -0.05) is 67.2 Å². The number of hydrogen-bond acceptors (Lipinski definition) is 3. The number of carbonyl (C=O) groups is 1. The zero-order valence-corrected chi connectivity index (χ0v) is 15.1. The maximum atomic E-state index is 11.8. The molecular weight excluding hydrogens is 264 g/mol. The van der Waals surface area contributed by atoms with Crippen molar-refractivity contribution in [2.24, 2.45) is 5.41 Å². The number of carbonyl (C=O) groups excluding carboxylic acids is 1. The van der Waals surface area contributed by atoms with Gasteiger partial charge in [0.05, 0.1) is 0 Å². The van der Waals surface area contributed by atoms with Gasteiger partial charge in [0.25, 0.3) is 0 Å². The lowest BCUT2D eigenvalue weighted by atomic mass is 9.69. The Labute approximate surface area is 131 Å². The van der Waals surface area contributed by atoms with E-state index in [0.717, 1.165) is 38.5 Å². The Bertz CT molecular complexity index is 280. The molecule has 0 rings (SSSR count). The van der Waals surface area contributed by atoms with Gasteiger partial charge in [0, 0.05) is 6.42 Å². The zero-order chi connectivity index (χ0) is 16.4. The lowest BCUT2D eigenvalue weighted by Crippen LogP contribution is -2.46. The quantitative estimate of drug-likeness (QED) is 0.259. The molecule has 0 aliphatic carbocycles. The van der Waals surface area contributed by atoms with Gasteiger partial charge < -0.3 is 0 Å². The molecule has 0 aromatic carbocycles. The van der Waals surface area contributed by atoms with E-state index in [1.807, 2.05) is 0 Å². The van der Waals surface area contributed by atoms with Gasteiger partial charge in [0.2, 0.25) is 0 Å². The molecule has 0 spiro atoms. The number of hydrogen-bond donors (Lipinski definition) is 0. The molecule has 0 unspecified atom stereocenters. The minimum absolute atomic E-state index is 0.00376. The van der Waals surface area contributed by atoms with E-state index >= 15 is 0 Å². The van der Waals surface area contributed by atoms with Crippen molar-refractivity contribution >= 4 is 5.97 Å². The summed E-state index contributed by atoms with van der Waals surface area (Å²) in [6.45, 7) is 13.0. The average molecular weight is 300 g/mol. The SMILES string of the molecule is CCCCCC(=O)OOC(CC)(CC)C(C)(C)CCCC. The summed E-state index contributed by atoms with van der Waals surface area (Å²) in [6.07, 6.45) is 8.61. The van der Waals surface area contributed by atoms with Crippen LogP contribution < -0.4 is 0 Å². The number of rotatable bonds is 12. The maximum Gasteiger partial charge on any atom is 0.342 e. The standard InChI is InChI=1S/C18H36O3/c1-7-11-13-14-16(19)20-21-18(9-3,10-4)17(5,6)15-12-8-2/h7-15H2,1-6H3. The van der Waals surface area contributed by atoms with Gasteiger partial charge in [-0.05, 0) is 31.1 Å². The fourth-order valence-corrected chi connectivity index (χ4v) is 2.97. The monoisotopic (exact) mass is 300 g/mol. The van der Waals surface area contributed by atoms with Crippen molar-refractivity contribution < 1.29 is 14.6 Å². The Balaban J connectivity index is 4.62. The highest BCUT2D eigenvalue weighted by atomic mass is 17.2. The molecule has 126 valence electrons. The van der Waals surface area contributed by atoms with Gasteiger partial charge in [0.1, 0.15) is 5.60 Å². The first-order valence-electron chi connectivity index (χ1n) is 8.77. The first kappa shape index (κ1) is 20.4. The third-order valence-corrected chi connectivity index (χ3v) is 4.81. The topological polar surface area (TPSA) is 35.5 Å². The van der Waals surface area contributed by atoms with Crippen LogP contribution in [0.25, 0.3) is 0 Å². The second-order valence-electron chi connectivity index (χ2n) is 6.68. The van der Waals surface area contributed by atoms with Crippen molar-refractivity contribution in [2.75, 3.05) is 0 Å². The molecule has 0 amide bonds. The van der Waals surface area contributed by atoms with Gasteiger partial charge in [0.15, 0.2) is 0 Å². The summed E-state index contributed by atoms with van der Waals surface area (Å²) in [7, 11) is 0. The van der Waals surface area contributed by atoms with Crippen LogP contribution in [-0.4, -0.2) is 11.6 Å². The molecule has 0 atom stereocenters. The second-order valence-corrected chi connectivity index (χ2v) is 6.68.